The highest BCUT2D eigenvalue weighted by molar-refractivity contribution is 14.0. The molecule has 2 amide bonds. The van der Waals surface area contributed by atoms with Gasteiger partial charge in [0, 0.05) is 56.7 Å². The minimum Gasteiger partial charge on any atom is -0.354 e. The number of aliphatic imine (C=N–C) groups is 1. The van der Waals surface area contributed by atoms with Gasteiger partial charge in [-0.3, -0.25) is 9.59 Å². The zero-order valence-electron chi connectivity index (χ0n) is 17.0. The molecule has 28 heavy (non-hydrogen) atoms. The summed E-state index contributed by atoms with van der Waals surface area (Å²) >= 11 is 1.94. The molecule has 0 aromatic carbocycles. The number of nitrogens with zero attached hydrogens (tertiary/aromatic N) is 3. The third-order valence-electron chi connectivity index (χ3n) is 5.53. The lowest BCUT2D eigenvalue weighted by molar-refractivity contribution is -0.136. The van der Waals surface area contributed by atoms with Gasteiger partial charge in [0.25, 0.3) is 0 Å². The van der Waals surface area contributed by atoms with Crippen LogP contribution in [0.3, 0.4) is 0 Å². The number of thioether (sulfide) groups is 1. The number of carbonyl (C=O) groups is 2. The van der Waals surface area contributed by atoms with Gasteiger partial charge in [-0.1, -0.05) is 0 Å². The third-order valence-corrected chi connectivity index (χ3v) is 6.47. The number of rotatable bonds is 5. The van der Waals surface area contributed by atoms with Crippen molar-refractivity contribution in [3.05, 3.63) is 0 Å². The van der Waals surface area contributed by atoms with Crippen LogP contribution in [0, 0.1) is 5.92 Å². The van der Waals surface area contributed by atoms with Crippen LogP contribution in [-0.4, -0.2) is 84.9 Å². The summed E-state index contributed by atoms with van der Waals surface area (Å²) in [6.45, 7) is 1.98. The Hall–Kier alpha value is -0.710. The van der Waals surface area contributed by atoms with Crippen LogP contribution >= 0.6 is 35.7 Å². The molecule has 0 radical (unpaired) electrons. The molecule has 2 saturated carbocycles. The molecule has 2 aliphatic carbocycles. The summed E-state index contributed by atoms with van der Waals surface area (Å²) in [6.07, 6.45) is 6.16. The second-order valence-electron chi connectivity index (χ2n) is 8.00. The largest absolute Gasteiger partial charge is 0.354 e. The predicted molar refractivity (Wildman–Crippen MR) is 125 cm³/mol. The molecule has 160 valence electrons. The molecule has 0 spiro atoms. The van der Waals surface area contributed by atoms with Gasteiger partial charge in [0.2, 0.25) is 11.8 Å². The van der Waals surface area contributed by atoms with E-state index >= 15 is 0 Å². The average Bonchev–Trinajstić information content (AvgIpc) is 3.50. The van der Waals surface area contributed by atoms with Crippen LogP contribution < -0.4 is 10.6 Å². The fraction of sp³-hybridized carbons (Fsp3) is 0.842. The van der Waals surface area contributed by atoms with Crippen LogP contribution in [0.5, 0.6) is 0 Å². The molecule has 0 aromatic heterocycles. The fourth-order valence-corrected chi connectivity index (χ4v) is 4.47. The number of likely N-dealkylation sites (N-methyl/N-ethyl adjacent to an activating group) is 1. The average molecular weight is 523 g/mol. The Bertz CT molecular complexity index is 557. The third kappa shape index (κ3) is 7.27. The summed E-state index contributed by atoms with van der Waals surface area (Å²) in [6, 6.07) is 0.811. The lowest BCUT2D eigenvalue weighted by Gasteiger charge is -2.34. The zero-order chi connectivity index (χ0) is 19.2. The van der Waals surface area contributed by atoms with E-state index in [9.17, 15) is 9.59 Å². The molecule has 7 nitrogen and oxygen atoms in total. The van der Waals surface area contributed by atoms with Crippen molar-refractivity contribution in [2.24, 2.45) is 10.9 Å². The van der Waals surface area contributed by atoms with Crippen LogP contribution in [0.25, 0.3) is 0 Å². The van der Waals surface area contributed by atoms with Crippen molar-refractivity contribution >= 4 is 53.5 Å². The Balaban J connectivity index is 0.00000280. The van der Waals surface area contributed by atoms with E-state index < -0.39 is 0 Å². The summed E-state index contributed by atoms with van der Waals surface area (Å²) in [5.74, 6) is 3.42. The first-order valence-corrected chi connectivity index (χ1v) is 11.3. The van der Waals surface area contributed by atoms with Crippen LogP contribution in [-0.2, 0) is 9.59 Å². The maximum atomic E-state index is 12.7. The van der Waals surface area contributed by atoms with Gasteiger partial charge in [-0.2, -0.15) is 11.8 Å². The second-order valence-corrected chi connectivity index (χ2v) is 9.23. The quantitative estimate of drug-likeness (QED) is 0.325. The molecule has 3 rings (SSSR count). The summed E-state index contributed by atoms with van der Waals surface area (Å²) in [7, 11) is 3.50. The maximum absolute atomic E-state index is 12.7. The summed E-state index contributed by atoms with van der Waals surface area (Å²) < 4.78 is 0. The van der Waals surface area contributed by atoms with Crippen LogP contribution in [0.2, 0.25) is 0 Å². The monoisotopic (exact) mass is 523 g/mol. The molecule has 1 saturated heterocycles. The first kappa shape index (κ1) is 23.6. The predicted octanol–water partition coefficient (Wildman–Crippen LogP) is 1.52. The lowest BCUT2D eigenvalue weighted by Crippen LogP contribution is -2.48. The Morgan fingerprint density at radius 1 is 1.00 bits per heavy atom. The Labute approximate surface area is 189 Å². The summed E-state index contributed by atoms with van der Waals surface area (Å²) in [5.41, 5.74) is 0. The number of halogens is 1. The van der Waals surface area contributed by atoms with Gasteiger partial charge in [-0.05, 0) is 38.5 Å². The van der Waals surface area contributed by atoms with Crippen LogP contribution in [0.1, 0.15) is 38.5 Å². The number of carbonyl (C=O) groups excluding carboxylic acids is 2. The van der Waals surface area contributed by atoms with E-state index in [0.29, 0.717) is 18.0 Å². The first-order chi connectivity index (χ1) is 13.0. The molecule has 2 N–H and O–H groups in total. The van der Waals surface area contributed by atoms with Crippen LogP contribution in [0.15, 0.2) is 4.99 Å². The van der Waals surface area contributed by atoms with E-state index in [1.165, 1.54) is 0 Å². The maximum Gasteiger partial charge on any atom is 0.243 e. The number of hydrogen-bond donors (Lipinski definition) is 2. The van der Waals surface area contributed by atoms with Crippen molar-refractivity contribution in [3.8, 4) is 0 Å². The molecule has 0 unspecified atom stereocenters. The number of amides is 2. The van der Waals surface area contributed by atoms with Crippen molar-refractivity contribution in [2.75, 3.05) is 45.2 Å². The molecule has 0 atom stereocenters. The molecule has 1 heterocycles. The van der Waals surface area contributed by atoms with Crippen molar-refractivity contribution in [1.29, 1.82) is 0 Å². The Morgan fingerprint density at radius 2 is 1.54 bits per heavy atom. The van der Waals surface area contributed by atoms with E-state index in [4.69, 9.17) is 0 Å². The highest BCUT2D eigenvalue weighted by Gasteiger charge is 2.31. The molecule has 9 heteroatoms. The highest BCUT2D eigenvalue weighted by atomic mass is 127. The zero-order valence-corrected chi connectivity index (χ0v) is 20.1. The molecular formula is C19H34IN5O2S. The van der Waals surface area contributed by atoms with Gasteiger partial charge in [-0.15, -0.1) is 24.0 Å². The Kier molecular flexibility index (Phi) is 9.65. The standard InChI is InChI=1S/C19H33N5O2S.HI/c1-23(2)17(25)13-20-19(22-16-7-8-16)21-15-5-3-14(4-6-15)18(26)24-9-11-27-12-10-24;/h14-16H,3-13H2,1-2H3,(H2,20,21,22);1H. The topological polar surface area (TPSA) is 77.0 Å². The van der Waals surface area contributed by atoms with Gasteiger partial charge in [-0.25, -0.2) is 4.99 Å². The molecule has 0 bridgehead atoms. The van der Waals surface area contributed by atoms with Gasteiger partial charge in [0.05, 0.1) is 0 Å². The molecule has 3 aliphatic rings. The number of hydrogen-bond acceptors (Lipinski definition) is 4. The Morgan fingerprint density at radius 3 is 2.04 bits per heavy atom. The lowest BCUT2D eigenvalue weighted by atomic mass is 9.85. The minimum absolute atomic E-state index is 0. The smallest absolute Gasteiger partial charge is 0.243 e. The van der Waals surface area contributed by atoms with Crippen molar-refractivity contribution in [3.63, 3.8) is 0 Å². The van der Waals surface area contributed by atoms with E-state index in [0.717, 1.165) is 69.1 Å². The van der Waals surface area contributed by atoms with Crippen LogP contribution in [0.4, 0.5) is 0 Å². The number of guanidine groups is 1. The van der Waals surface area contributed by atoms with Crippen molar-refractivity contribution in [2.45, 2.75) is 50.6 Å². The van der Waals surface area contributed by atoms with E-state index in [1.807, 2.05) is 11.8 Å². The van der Waals surface area contributed by atoms with Crippen molar-refractivity contribution < 1.29 is 9.59 Å². The van der Waals surface area contributed by atoms with E-state index in [1.54, 1.807) is 19.0 Å². The second kappa shape index (κ2) is 11.5. The van der Waals surface area contributed by atoms with Gasteiger partial charge in [0.15, 0.2) is 5.96 Å². The SMILES string of the molecule is CN(C)C(=O)CN=C(NC1CC1)NC1CCC(C(=O)N2CCSCC2)CC1.I. The van der Waals surface area contributed by atoms with Crippen molar-refractivity contribution in [1.82, 2.24) is 20.4 Å². The molecule has 0 aromatic rings. The van der Waals surface area contributed by atoms with E-state index in [2.05, 4.69) is 20.5 Å². The molecule has 1 aliphatic heterocycles. The summed E-state index contributed by atoms with van der Waals surface area (Å²) in [5, 5.41) is 6.91. The first-order valence-electron chi connectivity index (χ1n) is 10.2. The van der Waals surface area contributed by atoms with Gasteiger partial charge in [0.1, 0.15) is 6.54 Å². The fourth-order valence-electron chi connectivity index (χ4n) is 3.56. The molecule has 3 fully saturated rings. The van der Waals surface area contributed by atoms with E-state index in [-0.39, 0.29) is 42.3 Å². The number of nitrogens with one attached hydrogen (secondary N) is 2. The van der Waals surface area contributed by atoms with Gasteiger partial charge >= 0.3 is 0 Å². The normalized spacial score (nSPS) is 25.5. The highest BCUT2D eigenvalue weighted by Crippen LogP contribution is 2.27. The van der Waals surface area contributed by atoms with Gasteiger partial charge < -0.3 is 20.4 Å². The molecular weight excluding hydrogens is 489 g/mol. The minimum atomic E-state index is 0. The summed E-state index contributed by atoms with van der Waals surface area (Å²) in [4.78, 5) is 32.6.